The van der Waals surface area contributed by atoms with Crippen molar-refractivity contribution in [3.63, 3.8) is 0 Å². The van der Waals surface area contributed by atoms with Gasteiger partial charge < -0.3 is 10.2 Å². The standard InChI is InChI=1S/C15H28N4/c1-5-19-14(10-13(2)17-19)11-16-12-15(18(3)4)8-6-7-9-15/h10,16H,5-9,11-12H2,1-4H3. The Labute approximate surface area is 117 Å². The Morgan fingerprint density at radius 2 is 2.05 bits per heavy atom. The van der Waals surface area contributed by atoms with E-state index in [1.54, 1.807) is 0 Å². The van der Waals surface area contributed by atoms with E-state index in [2.05, 4.69) is 54.0 Å². The molecule has 0 bridgehead atoms. The fourth-order valence-electron chi connectivity index (χ4n) is 3.25. The van der Waals surface area contributed by atoms with E-state index in [1.807, 2.05) is 0 Å². The van der Waals surface area contributed by atoms with Crippen LogP contribution in [0.2, 0.25) is 0 Å². The monoisotopic (exact) mass is 264 g/mol. The number of aryl methyl sites for hydroxylation is 2. The topological polar surface area (TPSA) is 33.1 Å². The van der Waals surface area contributed by atoms with Gasteiger partial charge in [0.05, 0.1) is 11.4 Å². The van der Waals surface area contributed by atoms with E-state index in [9.17, 15) is 0 Å². The maximum atomic E-state index is 4.50. The molecule has 4 nitrogen and oxygen atoms in total. The van der Waals surface area contributed by atoms with Crippen molar-refractivity contribution in [3.8, 4) is 0 Å². The van der Waals surface area contributed by atoms with Crippen molar-refractivity contribution in [1.29, 1.82) is 0 Å². The third-order valence-electron chi connectivity index (χ3n) is 4.53. The molecule has 1 aromatic rings. The van der Waals surface area contributed by atoms with Gasteiger partial charge in [0.25, 0.3) is 0 Å². The van der Waals surface area contributed by atoms with E-state index in [0.29, 0.717) is 5.54 Å². The van der Waals surface area contributed by atoms with Gasteiger partial charge in [-0.05, 0) is 46.9 Å². The van der Waals surface area contributed by atoms with Crippen LogP contribution in [0.25, 0.3) is 0 Å². The van der Waals surface area contributed by atoms with Crippen molar-refractivity contribution in [1.82, 2.24) is 20.0 Å². The molecular weight excluding hydrogens is 236 g/mol. The van der Waals surface area contributed by atoms with Gasteiger partial charge in [-0.25, -0.2) is 0 Å². The van der Waals surface area contributed by atoms with Gasteiger partial charge in [0.2, 0.25) is 0 Å². The molecule has 1 saturated carbocycles. The van der Waals surface area contributed by atoms with Gasteiger partial charge in [-0.1, -0.05) is 12.8 Å². The molecule has 0 aliphatic heterocycles. The lowest BCUT2D eigenvalue weighted by Gasteiger charge is -2.36. The summed E-state index contributed by atoms with van der Waals surface area (Å²) in [7, 11) is 4.43. The van der Waals surface area contributed by atoms with Crippen LogP contribution >= 0.6 is 0 Å². The molecule has 0 radical (unpaired) electrons. The van der Waals surface area contributed by atoms with E-state index >= 15 is 0 Å². The summed E-state index contributed by atoms with van der Waals surface area (Å²) >= 11 is 0. The molecule has 2 rings (SSSR count). The summed E-state index contributed by atoms with van der Waals surface area (Å²) in [6, 6.07) is 2.19. The minimum absolute atomic E-state index is 0.367. The Morgan fingerprint density at radius 1 is 1.37 bits per heavy atom. The average Bonchev–Trinajstić information content (AvgIpc) is 2.97. The first-order valence-electron chi connectivity index (χ1n) is 7.49. The molecule has 0 amide bonds. The lowest BCUT2D eigenvalue weighted by Crippen LogP contribution is -2.49. The van der Waals surface area contributed by atoms with Crippen LogP contribution in [0.1, 0.15) is 44.0 Å². The van der Waals surface area contributed by atoms with E-state index in [4.69, 9.17) is 0 Å². The van der Waals surface area contributed by atoms with E-state index in [-0.39, 0.29) is 0 Å². The SMILES string of the molecule is CCn1nc(C)cc1CNCC1(N(C)C)CCCC1. The first kappa shape index (κ1) is 14.5. The summed E-state index contributed by atoms with van der Waals surface area (Å²) in [5.41, 5.74) is 2.78. The smallest absolute Gasteiger partial charge is 0.0597 e. The molecule has 19 heavy (non-hydrogen) atoms. The number of nitrogens with zero attached hydrogens (tertiary/aromatic N) is 3. The lowest BCUT2D eigenvalue weighted by atomic mass is 9.96. The highest BCUT2D eigenvalue weighted by Gasteiger charge is 2.35. The molecule has 0 unspecified atom stereocenters. The zero-order valence-electron chi connectivity index (χ0n) is 12.9. The first-order valence-corrected chi connectivity index (χ1v) is 7.49. The molecule has 1 aromatic heterocycles. The van der Waals surface area contributed by atoms with Gasteiger partial charge in [-0.2, -0.15) is 5.10 Å². The maximum absolute atomic E-state index is 4.50. The van der Waals surface area contributed by atoms with Crippen LogP contribution in [0.4, 0.5) is 0 Å². The first-order chi connectivity index (χ1) is 9.07. The molecule has 1 fully saturated rings. The third-order valence-corrected chi connectivity index (χ3v) is 4.53. The van der Waals surface area contributed by atoms with Gasteiger partial charge in [-0.3, -0.25) is 4.68 Å². The zero-order valence-corrected chi connectivity index (χ0v) is 12.9. The molecule has 108 valence electrons. The summed E-state index contributed by atoms with van der Waals surface area (Å²) in [5, 5.41) is 8.15. The van der Waals surface area contributed by atoms with Crippen LogP contribution in [-0.4, -0.2) is 40.9 Å². The number of nitrogens with one attached hydrogen (secondary N) is 1. The highest BCUT2D eigenvalue weighted by molar-refractivity contribution is 5.09. The number of hydrogen-bond acceptors (Lipinski definition) is 3. The molecule has 0 saturated heterocycles. The van der Waals surface area contributed by atoms with Crippen LogP contribution < -0.4 is 5.32 Å². The number of hydrogen-bond donors (Lipinski definition) is 1. The minimum atomic E-state index is 0.367. The second kappa shape index (κ2) is 6.06. The highest BCUT2D eigenvalue weighted by atomic mass is 15.3. The molecule has 1 heterocycles. The van der Waals surface area contributed by atoms with Gasteiger partial charge in [-0.15, -0.1) is 0 Å². The second-order valence-corrected chi connectivity index (χ2v) is 6.02. The van der Waals surface area contributed by atoms with Gasteiger partial charge in [0, 0.05) is 25.2 Å². The number of rotatable bonds is 6. The van der Waals surface area contributed by atoms with Crippen LogP contribution in [0.5, 0.6) is 0 Å². The van der Waals surface area contributed by atoms with Crippen molar-refractivity contribution in [2.75, 3.05) is 20.6 Å². The molecule has 0 atom stereocenters. The molecular formula is C15H28N4. The van der Waals surface area contributed by atoms with Gasteiger partial charge in [0.1, 0.15) is 0 Å². The van der Waals surface area contributed by atoms with Crippen molar-refractivity contribution in [3.05, 3.63) is 17.5 Å². The fraction of sp³-hybridized carbons (Fsp3) is 0.800. The second-order valence-electron chi connectivity index (χ2n) is 6.02. The number of likely N-dealkylation sites (N-methyl/N-ethyl adjacent to an activating group) is 1. The average molecular weight is 264 g/mol. The van der Waals surface area contributed by atoms with Crippen molar-refractivity contribution >= 4 is 0 Å². The Hall–Kier alpha value is -0.870. The summed E-state index contributed by atoms with van der Waals surface area (Å²) in [6.45, 7) is 7.16. The molecule has 1 aliphatic rings. The van der Waals surface area contributed by atoms with Gasteiger partial charge in [0.15, 0.2) is 0 Å². The van der Waals surface area contributed by atoms with Crippen molar-refractivity contribution in [2.45, 2.75) is 58.2 Å². The molecule has 1 aliphatic carbocycles. The summed E-state index contributed by atoms with van der Waals surface area (Å²) in [6.07, 6.45) is 5.37. The van der Waals surface area contributed by atoms with E-state index in [0.717, 1.165) is 25.3 Å². The third kappa shape index (κ3) is 3.18. The number of aromatic nitrogens is 2. The molecule has 0 aromatic carbocycles. The Bertz CT molecular complexity index is 402. The molecule has 4 heteroatoms. The van der Waals surface area contributed by atoms with Crippen molar-refractivity contribution < 1.29 is 0 Å². The lowest BCUT2D eigenvalue weighted by molar-refractivity contribution is 0.153. The Balaban J connectivity index is 1.92. The fourth-order valence-corrected chi connectivity index (χ4v) is 3.25. The largest absolute Gasteiger partial charge is 0.309 e. The van der Waals surface area contributed by atoms with Gasteiger partial charge >= 0.3 is 0 Å². The Kier molecular flexibility index (Phi) is 4.63. The van der Waals surface area contributed by atoms with Crippen LogP contribution in [0, 0.1) is 6.92 Å². The predicted molar refractivity (Wildman–Crippen MR) is 79.2 cm³/mol. The van der Waals surface area contributed by atoms with Crippen LogP contribution in [-0.2, 0) is 13.1 Å². The minimum Gasteiger partial charge on any atom is -0.309 e. The summed E-state index contributed by atoms with van der Waals surface area (Å²) in [5.74, 6) is 0. The summed E-state index contributed by atoms with van der Waals surface area (Å²) in [4.78, 5) is 2.41. The quantitative estimate of drug-likeness (QED) is 0.855. The molecule has 1 N–H and O–H groups in total. The predicted octanol–water partition coefficient (Wildman–Crippen LogP) is 2.18. The van der Waals surface area contributed by atoms with E-state index < -0.39 is 0 Å². The Morgan fingerprint density at radius 3 is 2.63 bits per heavy atom. The van der Waals surface area contributed by atoms with Crippen LogP contribution in [0.3, 0.4) is 0 Å². The van der Waals surface area contributed by atoms with E-state index in [1.165, 1.54) is 31.4 Å². The summed E-state index contributed by atoms with van der Waals surface area (Å²) < 4.78 is 2.10. The highest BCUT2D eigenvalue weighted by Crippen LogP contribution is 2.33. The zero-order chi connectivity index (χ0) is 13.9. The molecule has 0 spiro atoms. The van der Waals surface area contributed by atoms with Crippen LogP contribution in [0.15, 0.2) is 6.07 Å². The normalized spacial score (nSPS) is 18.4. The maximum Gasteiger partial charge on any atom is 0.0597 e. The van der Waals surface area contributed by atoms with Crippen molar-refractivity contribution in [2.24, 2.45) is 0 Å².